The second-order valence-corrected chi connectivity index (χ2v) is 4.35. The van der Waals surface area contributed by atoms with Crippen LogP contribution in [0.25, 0.3) is 0 Å². The third kappa shape index (κ3) is 2.26. The molecule has 1 fully saturated rings. The van der Waals surface area contributed by atoms with E-state index in [4.69, 9.17) is 5.73 Å². The number of anilines is 1. The van der Waals surface area contributed by atoms with Crippen molar-refractivity contribution >= 4 is 11.4 Å². The van der Waals surface area contributed by atoms with Gasteiger partial charge in [0.25, 0.3) is 0 Å². The van der Waals surface area contributed by atoms with E-state index in [1.165, 1.54) is 0 Å². The van der Waals surface area contributed by atoms with Gasteiger partial charge in [-0.25, -0.2) is 4.39 Å². The smallest absolute Gasteiger partial charge is 0.328 e. The fourth-order valence-corrected chi connectivity index (χ4v) is 2.22. The molecule has 2 N–H and O–H groups in total. The van der Waals surface area contributed by atoms with Crippen LogP contribution >= 0.6 is 0 Å². The average Bonchev–Trinajstić information content (AvgIpc) is 2.75. The van der Waals surface area contributed by atoms with Gasteiger partial charge < -0.3 is 10.6 Å². The molecule has 1 aromatic rings. The predicted molar refractivity (Wildman–Crippen MR) is 62.4 cm³/mol. The van der Waals surface area contributed by atoms with Crippen LogP contribution in [-0.4, -0.2) is 24.6 Å². The molecule has 1 aliphatic heterocycles. The monoisotopic (exact) mass is 257 g/mol. The van der Waals surface area contributed by atoms with Crippen molar-refractivity contribution in [3.8, 4) is 0 Å². The zero-order chi connectivity index (χ0) is 13.3. The lowest BCUT2D eigenvalue weighted by Crippen LogP contribution is -2.23. The van der Waals surface area contributed by atoms with E-state index in [0.29, 0.717) is 25.7 Å². The summed E-state index contributed by atoms with van der Waals surface area (Å²) in [5.74, 6) is -1.76. The van der Waals surface area contributed by atoms with Gasteiger partial charge in [0.15, 0.2) is 0 Å². The summed E-state index contributed by atoms with van der Waals surface area (Å²) in [5, 5.41) is 10.9. The van der Waals surface area contributed by atoms with Crippen LogP contribution in [0, 0.1) is 27.7 Å². The van der Waals surface area contributed by atoms with Crippen LogP contribution in [0.5, 0.6) is 0 Å². The van der Waals surface area contributed by atoms with E-state index in [9.17, 15) is 18.9 Å². The standard InChI is InChI=1S/C11H13F2N3O2/c12-8-3-9(13)11(16(17)18)10(4-8)15-2-1-7(5-14)6-15/h3-4,7H,1-2,5-6,14H2. The van der Waals surface area contributed by atoms with Gasteiger partial charge in [0.05, 0.1) is 4.92 Å². The largest absolute Gasteiger partial charge is 0.365 e. The number of hydrogen-bond acceptors (Lipinski definition) is 4. The molecule has 1 saturated heterocycles. The Morgan fingerprint density at radius 3 is 2.78 bits per heavy atom. The molecule has 0 radical (unpaired) electrons. The van der Waals surface area contributed by atoms with Gasteiger partial charge in [-0.05, 0) is 18.9 Å². The quantitative estimate of drug-likeness (QED) is 0.660. The molecule has 0 amide bonds. The molecule has 5 nitrogen and oxygen atoms in total. The van der Waals surface area contributed by atoms with Crippen LogP contribution < -0.4 is 10.6 Å². The number of halogens is 2. The summed E-state index contributed by atoms with van der Waals surface area (Å²) in [6.07, 6.45) is 0.770. The van der Waals surface area contributed by atoms with E-state index in [2.05, 4.69) is 0 Å². The fourth-order valence-electron chi connectivity index (χ4n) is 2.22. The number of nitro groups is 1. The van der Waals surface area contributed by atoms with Crippen LogP contribution in [0.1, 0.15) is 6.42 Å². The summed E-state index contributed by atoms with van der Waals surface area (Å²) < 4.78 is 26.7. The van der Waals surface area contributed by atoms with Crippen molar-refractivity contribution in [2.75, 3.05) is 24.5 Å². The first-order valence-corrected chi connectivity index (χ1v) is 5.61. The Kier molecular flexibility index (Phi) is 3.42. The first kappa shape index (κ1) is 12.7. The number of nitrogens with two attached hydrogens (primary N) is 1. The summed E-state index contributed by atoms with van der Waals surface area (Å²) in [7, 11) is 0. The highest BCUT2D eigenvalue weighted by Crippen LogP contribution is 2.34. The summed E-state index contributed by atoms with van der Waals surface area (Å²) in [6.45, 7) is 1.47. The second kappa shape index (κ2) is 4.85. The molecule has 98 valence electrons. The lowest BCUT2D eigenvalue weighted by atomic mass is 10.1. The Morgan fingerprint density at radius 1 is 1.50 bits per heavy atom. The number of nitrogens with zero attached hydrogens (tertiary/aromatic N) is 2. The van der Waals surface area contributed by atoms with Gasteiger partial charge in [0, 0.05) is 25.2 Å². The molecule has 1 aliphatic rings. The summed E-state index contributed by atoms with van der Waals surface area (Å²) >= 11 is 0. The van der Waals surface area contributed by atoms with Gasteiger partial charge in [0.2, 0.25) is 5.82 Å². The van der Waals surface area contributed by atoms with Crippen LogP contribution in [0.3, 0.4) is 0 Å². The van der Waals surface area contributed by atoms with Crippen molar-refractivity contribution in [2.45, 2.75) is 6.42 Å². The van der Waals surface area contributed by atoms with Gasteiger partial charge in [-0.3, -0.25) is 10.1 Å². The Labute approximate surface area is 102 Å². The van der Waals surface area contributed by atoms with Crippen molar-refractivity contribution < 1.29 is 13.7 Å². The molecule has 0 aliphatic carbocycles. The normalized spacial score (nSPS) is 19.3. The molecular formula is C11H13F2N3O2. The van der Waals surface area contributed by atoms with Gasteiger partial charge in [-0.2, -0.15) is 4.39 Å². The van der Waals surface area contributed by atoms with E-state index >= 15 is 0 Å². The lowest BCUT2D eigenvalue weighted by Gasteiger charge is -2.18. The maximum absolute atomic E-state index is 13.5. The highest BCUT2D eigenvalue weighted by molar-refractivity contribution is 5.64. The van der Waals surface area contributed by atoms with Crippen molar-refractivity contribution in [1.82, 2.24) is 0 Å². The van der Waals surface area contributed by atoms with Crippen molar-refractivity contribution in [3.63, 3.8) is 0 Å². The third-order valence-corrected chi connectivity index (χ3v) is 3.15. The highest BCUT2D eigenvalue weighted by atomic mass is 19.1. The average molecular weight is 257 g/mol. The number of rotatable bonds is 3. The predicted octanol–water partition coefficient (Wildman–Crippen LogP) is 1.66. The van der Waals surface area contributed by atoms with Crippen molar-refractivity contribution in [1.29, 1.82) is 0 Å². The Morgan fingerprint density at radius 2 is 2.22 bits per heavy atom. The molecule has 0 aromatic heterocycles. The zero-order valence-electron chi connectivity index (χ0n) is 9.60. The van der Waals surface area contributed by atoms with Crippen LogP contribution in [0.2, 0.25) is 0 Å². The Bertz CT molecular complexity index is 482. The molecule has 0 bridgehead atoms. The lowest BCUT2D eigenvalue weighted by molar-refractivity contribution is -0.386. The van der Waals surface area contributed by atoms with Gasteiger partial charge in [-0.1, -0.05) is 0 Å². The third-order valence-electron chi connectivity index (χ3n) is 3.15. The van der Waals surface area contributed by atoms with E-state index < -0.39 is 22.2 Å². The molecule has 18 heavy (non-hydrogen) atoms. The van der Waals surface area contributed by atoms with E-state index in [-0.39, 0.29) is 11.6 Å². The molecule has 1 unspecified atom stereocenters. The minimum Gasteiger partial charge on any atom is -0.365 e. The van der Waals surface area contributed by atoms with Crippen LogP contribution in [-0.2, 0) is 0 Å². The Balaban J connectivity index is 2.40. The van der Waals surface area contributed by atoms with E-state index in [0.717, 1.165) is 12.5 Å². The maximum atomic E-state index is 13.5. The van der Waals surface area contributed by atoms with Crippen molar-refractivity contribution in [3.05, 3.63) is 33.9 Å². The Hall–Kier alpha value is -1.76. The van der Waals surface area contributed by atoms with Gasteiger partial charge in [0.1, 0.15) is 11.5 Å². The summed E-state index contributed by atoms with van der Waals surface area (Å²) in [5.41, 5.74) is 4.84. The molecule has 2 rings (SSSR count). The maximum Gasteiger partial charge on any atom is 0.328 e. The number of benzene rings is 1. The zero-order valence-corrected chi connectivity index (χ0v) is 9.60. The number of nitro benzene ring substituents is 1. The molecule has 0 saturated carbocycles. The first-order chi connectivity index (χ1) is 8.52. The minimum atomic E-state index is -1.15. The van der Waals surface area contributed by atoms with Crippen molar-refractivity contribution in [2.24, 2.45) is 11.7 Å². The molecule has 1 aromatic carbocycles. The first-order valence-electron chi connectivity index (χ1n) is 5.61. The molecule has 0 spiro atoms. The minimum absolute atomic E-state index is 0.00606. The van der Waals surface area contributed by atoms with Gasteiger partial charge >= 0.3 is 5.69 Å². The number of hydrogen-bond donors (Lipinski definition) is 1. The van der Waals surface area contributed by atoms with E-state index in [1.807, 2.05) is 0 Å². The summed E-state index contributed by atoms with van der Waals surface area (Å²) in [6, 6.07) is 1.53. The second-order valence-electron chi connectivity index (χ2n) is 4.35. The van der Waals surface area contributed by atoms with E-state index in [1.54, 1.807) is 4.90 Å². The fraction of sp³-hybridized carbons (Fsp3) is 0.455. The topological polar surface area (TPSA) is 72.4 Å². The highest BCUT2D eigenvalue weighted by Gasteiger charge is 2.30. The summed E-state index contributed by atoms with van der Waals surface area (Å²) in [4.78, 5) is 11.6. The molecular weight excluding hydrogens is 244 g/mol. The SMILES string of the molecule is NCC1CCN(c2cc(F)cc(F)c2[N+](=O)[O-])C1. The van der Waals surface area contributed by atoms with Gasteiger partial charge in [-0.15, -0.1) is 0 Å². The van der Waals surface area contributed by atoms with Crippen LogP contribution in [0.15, 0.2) is 12.1 Å². The molecule has 7 heteroatoms. The molecule has 1 atom stereocenters. The molecule has 1 heterocycles. The van der Waals surface area contributed by atoms with Crippen LogP contribution in [0.4, 0.5) is 20.2 Å².